The average Bonchev–Trinajstić information content (AvgIpc) is 3.11. The number of carbonyl (C=O) groups is 1. The smallest absolute Gasteiger partial charge is 0.273 e. The average molecular weight is 418 g/mol. The van der Waals surface area contributed by atoms with Crippen LogP contribution in [0.15, 0.2) is 29.6 Å². The van der Waals surface area contributed by atoms with Gasteiger partial charge in [0, 0.05) is 30.1 Å². The third-order valence-electron chi connectivity index (χ3n) is 4.55. The lowest BCUT2D eigenvalue weighted by atomic mass is 9.92. The molecule has 8 heteroatoms. The van der Waals surface area contributed by atoms with Gasteiger partial charge >= 0.3 is 0 Å². The van der Waals surface area contributed by atoms with Gasteiger partial charge in [-0.1, -0.05) is 0 Å². The maximum atomic E-state index is 12.7. The number of ether oxygens (including phenoxy) is 1. The Labute approximate surface area is 170 Å². The molecule has 1 saturated heterocycles. The summed E-state index contributed by atoms with van der Waals surface area (Å²) in [7, 11) is 1.64. The van der Waals surface area contributed by atoms with Crippen molar-refractivity contribution in [3.8, 4) is 16.3 Å². The van der Waals surface area contributed by atoms with E-state index in [1.165, 1.54) is 11.3 Å². The summed E-state index contributed by atoms with van der Waals surface area (Å²) in [6.07, 6.45) is 2.10. The van der Waals surface area contributed by atoms with Gasteiger partial charge in [0.05, 0.1) is 7.11 Å². The minimum absolute atomic E-state index is 0. The van der Waals surface area contributed by atoms with Gasteiger partial charge in [-0.25, -0.2) is 4.98 Å². The standard InChI is InChI=1S/C18H23N3O2S.2ClH/c1-12(19)14-4-3-9-21(10-14)18(22)16-11-24-17(20-16)13-5-7-15(23-2)8-6-13;;/h5-8,11-12,14H,3-4,9-10,19H2,1-2H3;2*1H. The first kappa shape index (κ1) is 22.7. The van der Waals surface area contributed by atoms with E-state index < -0.39 is 0 Å². The molecule has 0 radical (unpaired) electrons. The zero-order chi connectivity index (χ0) is 17.1. The second kappa shape index (κ2) is 10.1. The Bertz CT molecular complexity index is 707. The fraction of sp³-hybridized carbons (Fsp3) is 0.444. The third kappa shape index (κ3) is 5.10. The summed E-state index contributed by atoms with van der Waals surface area (Å²) >= 11 is 1.49. The van der Waals surface area contributed by atoms with E-state index in [9.17, 15) is 4.79 Å². The number of piperidine rings is 1. The van der Waals surface area contributed by atoms with E-state index >= 15 is 0 Å². The second-order valence-electron chi connectivity index (χ2n) is 6.28. The molecule has 5 nitrogen and oxygen atoms in total. The number of nitrogens with zero attached hydrogens (tertiary/aromatic N) is 2. The zero-order valence-electron chi connectivity index (χ0n) is 14.9. The number of nitrogens with two attached hydrogens (primary N) is 1. The van der Waals surface area contributed by atoms with E-state index in [0.717, 1.165) is 42.3 Å². The van der Waals surface area contributed by atoms with Gasteiger partial charge in [0.25, 0.3) is 5.91 Å². The van der Waals surface area contributed by atoms with Crippen LogP contribution in [0.25, 0.3) is 10.6 Å². The SMILES string of the molecule is COc1ccc(-c2nc(C(=O)N3CCCC(C(C)N)C3)cs2)cc1.Cl.Cl. The van der Waals surface area contributed by atoms with Crippen LogP contribution in [0.2, 0.25) is 0 Å². The van der Waals surface area contributed by atoms with E-state index in [-0.39, 0.29) is 36.8 Å². The summed E-state index contributed by atoms with van der Waals surface area (Å²) in [6.45, 7) is 3.53. The number of methoxy groups -OCH3 is 1. The van der Waals surface area contributed by atoms with Crippen LogP contribution in [0.3, 0.4) is 0 Å². The van der Waals surface area contributed by atoms with Gasteiger partial charge in [-0.15, -0.1) is 36.2 Å². The van der Waals surface area contributed by atoms with Crippen LogP contribution in [0.5, 0.6) is 5.75 Å². The lowest BCUT2D eigenvalue weighted by Gasteiger charge is -2.34. The van der Waals surface area contributed by atoms with Gasteiger partial charge in [0.1, 0.15) is 16.5 Å². The highest BCUT2D eigenvalue weighted by molar-refractivity contribution is 7.13. The molecule has 1 aliphatic rings. The summed E-state index contributed by atoms with van der Waals surface area (Å²) in [6, 6.07) is 7.83. The number of halogens is 2. The Morgan fingerprint density at radius 2 is 2.04 bits per heavy atom. The first-order chi connectivity index (χ1) is 11.6. The molecule has 1 aromatic carbocycles. The van der Waals surface area contributed by atoms with Crippen LogP contribution < -0.4 is 10.5 Å². The summed E-state index contributed by atoms with van der Waals surface area (Å²) in [5.41, 5.74) is 7.53. The number of aromatic nitrogens is 1. The lowest BCUT2D eigenvalue weighted by Crippen LogP contribution is -2.45. The van der Waals surface area contributed by atoms with Crippen molar-refractivity contribution in [3.63, 3.8) is 0 Å². The number of thiazole rings is 1. The molecule has 3 rings (SSSR count). The first-order valence-corrected chi connectivity index (χ1v) is 9.11. The fourth-order valence-corrected chi connectivity index (χ4v) is 3.82. The monoisotopic (exact) mass is 417 g/mol. The van der Waals surface area contributed by atoms with Gasteiger partial charge in [0.15, 0.2) is 0 Å². The van der Waals surface area contributed by atoms with Crippen LogP contribution >= 0.6 is 36.2 Å². The van der Waals surface area contributed by atoms with E-state index in [2.05, 4.69) is 4.98 Å². The van der Waals surface area contributed by atoms with Crippen molar-refractivity contribution >= 4 is 42.1 Å². The molecule has 26 heavy (non-hydrogen) atoms. The molecule has 1 amide bonds. The van der Waals surface area contributed by atoms with Crippen molar-refractivity contribution in [1.29, 1.82) is 0 Å². The highest BCUT2D eigenvalue weighted by Crippen LogP contribution is 2.27. The molecular formula is C18H25Cl2N3O2S. The van der Waals surface area contributed by atoms with Crippen molar-refractivity contribution in [3.05, 3.63) is 35.3 Å². The quantitative estimate of drug-likeness (QED) is 0.819. The molecule has 1 aromatic heterocycles. The topological polar surface area (TPSA) is 68.5 Å². The minimum Gasteiger partial charge on any atom is -0.497 e. The fourth-order valence-electron chi connectivity index (χ4n) is 3.02. The van der Waals surface area contributed by atoms with Crippen LogP contribution in [0.1, 0.15) is 30.3 Å². The molecule has 2 unspecified atom stereocenters. The number of hydrogen-bond acceptors (Lipinski definition) is 5. The van der Waals surface area contributed by atoms with E-state index in [0.29, 0.717) is 11.6 Å². The number of benzene rings is 1. The molecule has 0 spiro atoms. The molecule has 1 fully saturated rings. The number of rotatable bonds is 4. The molecule has 0 saturated carbocycles. The molecule has 2 aromatic rings. The predicted molar refractivity (Wildman–Crippen MR) is 111 cm³/mol. The largest absolute Gasteiger partial charge is 0.497 e. The van der Waals surface area contributed by atoms with Crippen LogP contribution in [-0.4, -0.2) is 42.0 Å². The lowest BCUT2D eigenvalue weighted by molar-refractivity contribution is 0.0656. The summed E-state index contributed by atoms with van der Waals surface area (Å²) in [4.78, 5) is 19.2. The number of hydrogen-bond donors (Lipinski definition) is 1. The maximum Gasteiger partial charge on any atom is 0.273 e. The number of carbonyl (C=O) groups excluding carboxylic acids is 1. The molecule has 2 N–H and O–H groups in total. The van der Waals surface area contributed by atoms with Crippen molar-refractivity contribution in [2.45, 2.75) is 25.8 Å². The van der Waals surface area contributed by atoms with Crippen LogP contribution in [-0.2, 0) is 0 Å². The van der Waals surface area contributed by atoms with E-state index in [1.54, 1.807) is 7.11 Å². The highest BCUT2D eigenvalue weighted by Gasteiger charge is 2.27. The van der Waals surface area contributed by atoms with Gasteiger partial charge in [-0.05, 0) is 49.9 Å². The Kier molecular flexibility index (Phi) is 8.83. The van der Waals surface area contributed by atoms with Crippen LogP contribution in [0, 0.1) is 5.92 Å². The Hall–Kier alpha value is -1.34. The minimum atomic E-state index is 0. The first-order valence-electron chi connectivity index (χ1n) is 8.23. The van der Waals surface area contributed by atoms with E-state index in [4.69, 9.17) is 10.5 Å². The Morgan fingerprint density at radius 3 is 2.65 bits per heavy atom. The third-order valence-corrected chi connectivity index (χ3v) is 5.44. The van der Waals surface area contributed by atoms with Crippen molar-refractivity contribution in [2.75, 3.05) is 20.2 Å². The molecule has 144 valence electrons. The molecule has 0 bridgehead atoms. The van der Waals surface area contributed by atoms with Crippen molar-refractivity contribution in [2.24, 2.45) is 11.7 Å². The highest BCUT2D eigenvalue weighted by atomic mass is 35.5. The Balaban J connectivity index is 0.00000169. The number of amides is 1. The Morgan fingerprint density at radius 1 is 1.35 bits per heavy atom. The normalized spacial score (nSPS) is 17.7. The molecule has 0 aliphatic carbocycles. The predicted octanol–water partition coefficient (Wildman–Crippen LogP) is 3.86. The van der Waals surface area contributed by atoms with E-state index in [1.807, 2.05) is 41.5 Å². The van der Waals surface area contributed by atoms with Gasteiger partial charge in [0.2, 0.25) is 0 Å². The molecule has 2 atom stereocenters. The summed E-state index contributed by atoms with van der Waals surface area (Å²) in [5.74, 6) is 1.20. The van der Waals surface area contributed by atoms with Gasteiger partial charge in [-0.2, -0.15) is 0 Å². The van der Waals surface area contributed by atoms with Crippen LogP contribution in [0.4, 0.5) is 0 Å². The van der Waals surface area contributed by atoms with Gasteiger partial charge in [-0.3, -0.25) is 4.79 Å². The van der Waals surface area contributed by atoms with Crippen molar-refractivity contribution in [1.82, 2.24) is 9.88 Å². The molecular weight excluding hydrogens is 393 g/mol. The molecule has 2 heterocycles. The number of likely N-dealkylation sites (tertiary alicyclic amines) is 1. The summed E-state index contributed by atoms with van der Waals surface area (Å²) < 4.78 is 5.17. The maximum absolute atomic E-state index is 12.7. The van der Waals surface area contributed by atoms with Crippen molar-refractivity contribution < 1.29 is 9.53 Å². The zero-order valence-corrected chi connectivity index (χ0v) is 17.3. The summed E-state index contributed by atoms with van der Waals surface area (Å²) in [5, 5.41) is 2.69. The second-order valence-corrected chi connectivity index (χ2v) is 7.14. The molecule has 1 aliphatic heterocycles. The van der Waals surface area contributed by atoms with Gasteiger partial charge < -0.3 is 15.4 Å².